The summed E-state index contributed by atoms with van der Waals surface area (Å²) < 4.78 is 5.03. The van der Waals surface area contributed by atoms with Crippen molar-refractivity contribution >= 4 is 11.7 Å². The van der Waals surface area contributed by atoms with Crippen LogP contribution in [0.15, 0.2) is 0 Å². The second-order valence-corrected chi connectivity index (χ2v) is 4.87. The average Bonchev–Trinajstić information content (AvgIpc) is 2.21. The molecule has 0 amide bonds. The number of ether oxygens (including phenoxy) is 1. The van der Waals surface area contributed by atoms with Gasteiger partial charge < -0.3 is 10.1 Å². The molecule has 0 aliphatic heterocycles. The van der Waals surface area contributed by atoms with Gasteiger partial charge in [-0.3, -0.25) is 10.1 Å². The predicted octanol–water partition coefficient (Wildman–Crippen LogP) is 1.88. The van der Waals surface area contributed by atoms with E-state index in [0.29, 0.717) is 12.6 Å². The van der Waals surface area contributed by atoms with Gasteiger partial charge in [0.05, 0.1) is 6.61 Å². The Labute approximate surface area is 97.3 Å². The summed E-state index contributed by atoms with van der Waals surface area (Å²) in [5, 5.41) is 10.9. The molecule has 1 aliphatic rings. The van der Waals surface area contributed by atoms with E-state index in [1.54, 1.807) is 0 Å². The third-order valence-electron chi connectivity index (χ3n) is 2.94. The Kier molecular flexibility index (Phi) is 4.47. The van der Waals surface area contributed by atoms with E-state index in [1.807, 2.05) is 20.8 Å². The fourth-order valence-electron chi connectivity index (χ4n) is 1.99. The van der Waals surface area contributed by atoms with E-state index in [0.717, 1.165) is 31.4 Å². The van der Waals surface area contributed by atoms with Gasteiger partial charge in [0.2, 0.25) is 0 Å². The van der Waals surface area contributed by atoms with Gasteiger partial charge in [0.1, 0.15) is 5.54 Å². The molecule has 2 N–H and O–H groups in total. The van der Waals surface area contributed by atoms with E-state index in [2.05, 4.69) is 5.32 Å². The van der Waals surface area contributed by atoms with E-state index in [4.69, 9.17) is 10.1 Å². The Morgan fingerprint density at radius 2 is 2.06 bits per heavy atom. The van der Waals surface area contributed by atoms with E-state index in [1.165, 1.54) is 0 Å². The van der Waals surface area contributed by atoms with Crippen LogP contribution in [-0.4, -0.2) is 29.9 Å². The lowest BCUT2D eigenvalue weighted by atomic mass is 9.91. The second kappa shape index (κ2) is 5.43. The SMILES string of the molecule is CCOC(=O)C(C)(C)NC1CCC(=N)CC1. The Balaban J connectivity index is 2.45. The first-order valence-corrected chi connectivity index (χ1v) is 5.97. The summed E-state index contributed by atoms with van der Waals surface area (Å²) in [6.07, 6.45) is 3.58. The van der Waals surface area contributed by atoms with Gasteiger partial charge in [0.15, 0.2) is 0 Å². The first-order chi connectivity index (χ1) is 7.45. The van der Waals surface area contributed by atoms with Crippen LogP contribution in [-0.2, 0) is 9.53 Å². The zero-order valence-corrected chi connectivity index (χ0v) is 10.4. The van der Waals surface area contributed by atoms with Gasteiger partial charge in [0, 0.05) is 11.8 Å². The van der Waals surface area contributed by atoms with Crippen LogP contribution in [0, 0.1) is 5.41 Å². The van der Waals surface area contributed by atoms with Crippen molar-refractivity contribution < 1.29 is 9.53 Å². The minimum absolute atomic E-state index is 0.198. The molecule has 4 nitrogen and oxygen atoms in total. The molecule has 0 radical (unpaired) electrons. The lowest BCUT2D eigenvalue weighted by Crippen LogP contribution is -2.53. The first kappa shape index (κ1) is 13.2. The number of nitrogens with one attached hydrogen (secondary N) is 2. The summed E-state index contributed by atoms with van der Waals surface area (Å²) in [5.74, 6) is -0.198. The van der Waals surface area contributed by atoms with Crippen LogP contribution in [0.1, 0.15) is 46.5 Å². The zero-order chi connectivity index (χ0) is 12.2. The number of hydrogen-bond donors (Lipinski definition) is 2. The zero-order valence-electron chi connectivity index (χ0n) is 10.4. The molecular weight excluding hydrogens is 204 g/mol. The fraction of sp³-hybridized carbons (Fsp3) is 0.833. The lowest BCUT2D eigenvalue weighted by Gasteiger charge is -2.32. The number of carbonyl (C=O) groups is 1. The molecule has 0 atom stereocenters. The molecule has 0 saturated heterocycles. The highest BCUT2D eigenvalue weighted by atomic mass is 16.5. The average molecular weight is 226 g/mol. The van der Waals surface area contributed by atoms with Crippen molar-refractivity contribution in [2.75, 3.05) is 6.61 Å². The van der Waals surface area contributed by atoms with Crippen molar-refractivity contribution in [3.8, 4) is 0 Å². The molecule has 0 aromatic heterocycles. The molecule has 0 unspecified atom stereocenters. The van der Waals surface area contributed by atoms with Gasteiger partial charge in [-0.1, -0.05) is 0 Å². The highest BCUT2D eigenvalue weighted by Gasteiger charge is 2.32. The quantitative estimate of drug-likeness (QED) is 0.719. The molecule has 0 bridgehead atoms. The maximum atomic E-state index is 11.7. The van der Waals surface area contributed by atoms with Gasteiger partial charge in [0.25, 0.3) is 0 Å². The summed E-state index contributed by atoms with van der Waals surface area (Å²) in [6.45, 7) is 5.94. The van der Waals surface area contributed by atoms with E-state index < -0.39 is 5.54 Å². The molecule has 1 saturated carbocycles. The Hall–Kier alpha value is -0.900. The fourth-order valence-corrected chi connectivity index (χ4v) is 1.99. The molecule has 16 heavy (non-hydrogen) atoms. The minimum Gasteiger partial charge on any atom is -0.465 e. The predicted molar refractivity (Wildman–Crippen MR) is 63.8 cm³/mol. The molecule has 1 fully saturated rings. The normalized spacial score (nSPS) is 21.9. The summed E-state index contributed by atoms with van der Waals surface area (Å²) in [7, 11) is 0. The van der Waals surface area contributed by atoms with Crippen molar-refractivity contribution in [2.24, 2.45) is 0 Å². The van der Waals surface area contributed by atoms with Crippen molar-refractivity contribution in [3.05, 3.63) is 0 Å². The number of esters is 1. The van der Waals surface area contributed by atoms with Crippen LogP contribution in [0.2, 0.25) is 0 Å². The topological polar surface area (TPSA) is 62.2 Å². The van der Waals surface area contributed by atoms with Crippen LogP contribution in [0.5, 0.6) is 0 Å². The van der Waals surface area contributed by atoms with Gasteiger partial charge in [-0.15, -0.1) is 0 Å². The first-order valence-electron chi connectivity index (χ1n) is 5.97. The molecular formula is C12H22N2O2. The lowest BCUT2D eigenvalue weighted by molar-refractivity contribution is -0.150. The van der Waals surface area contributed by atoms with Crippen molar-refractivity contribution in [1.29, 1.82) is 5.41 Å². The standard InChI is InChI=1S/C12H22N2O2/c1-4-16-11(15)12(2,3)14-10-7-5-9(13)6-8-10/h10,13-14H,4-8H2,1-3H3. The highest BCUT2D eigenvalue weighted by molar-refractivity contribution is 5.82. The number of rotatable bonds is 4. The van der Waals surface area contributed by atoms with Crippen molar-refractivity contribution in [1.82, 2.24) is 5.32 Å². The third-order valence-corrected chi connectivity index (χ3v) is 2.94. The minimum atomic E-state index is -0.625. The van der Waals surface area contributed by atoms with E-state index in [9.17, 15) is 4.79 Å². The molecule has 0 aromatic rings. The highest BCUT2D eigenvalue weighted by Crippen LogP contribution is 2.18. The number of carbonyl (C=O) groups excluding carboxylic acids is 1. The third kappa shape index (κ3) is 3.59. The maximum absolute atomic E-state index is 11.7. The molecule has 0 heterocycles. The monoisotopic (exact) mass is 226 g/mol. The van der Waals surface area contributed by atoms with Gasteiger partial charge >= 0.3 is 5.97 Å². The molecule has 92 valence electrons. The second-order valence-electron chi connectivity index (χ2n) is 4.87. The largest absolute Gasteiger partial charge is 0.465 e. The summed E-state index contributed by atoms with van der Waals surface area (Å²) in [6, 6.07) is 0.327. The van der Waals surface area contributed by atoms with Gasteiger partial charge in [-0.25, -0.2) is 0 Å². The summed E-state index contributed by atoms with van der Waals surface area (Å²) >= 11 is 0. The Bertz CT molecular complexity index is 264. The van der Waals surface area contributed by atoms with Crippen molar-refractivity contribution in [3.63, 3.8) is 0 Å². The Morgan fingerprint density at radius 3 is 2.56 bits per heavy atom. The molecule has 1 rings (SSSR count). The smallest absolute Gasteiger partial charge is 0.325 e. The van der Waals surface area contributed by atoms with Crippen LogP contribution < -0.4 is 5.32 Å². The molecule has 0 spiro atoms. The number of hydrogen-bond acceptors (Lipinski definition) is 4. The van der Waals surface area contributed by atoms with Crippen LogP contribution in [0.4, 0.5) is 0 Å². The van der Waals surface area contributed by atoms with Crippen LogP contribution in [0.25, 0.3) is 0 Å². The summed E-state index contributed by atoms with van der Waals surface area (Å²) in [4.78, 5) is 11.7. The summed E-state index contributed by atoms with van der Waals surface area (Å²) in [5.41, 5.74) is 0.201. The van der Waals surface area contributed by atoms with E-state index in [-0.39, 0.29) is 5.97 Å². The molecule has 0 aromatic carbocycles. The van der Waals surface area contributed by atoms with Crippen LogP contribution in [0.3, 0.4) is 0 Å². The molecule has 4 heteroatoms. The van der Waals surface area contributed by atoms with Gasteiger partial charge in [-0.05, 0) is 46.5 Å². The Morgan fingerprint density at radius 1 is 1.50 bits per heavy atom. The maximum Gasteiger partial charge on any atom is 0.325 e. The van der Waals surface area contributed by atoms with Crippen LogP contribution >= 0.6 is 0 Å². The van der Waals surface area contributed by atoms with Crippen molar-refractivity contribution in [2.45, 2.75) is 58.0 Å². The molecule has 1 aliphatic carbocycles. The van der Waals surface area contributed by atoms with Gasteiger partial charge in [-0.2, -0.15) is 0 Å². The van der Waals surface area contributed by atoms with E-state index >= 15 is 0 Å².